The molecule has 1 atom stereocenters. The number of rotatable bonds is 8. The fourth-order valence-corrected chi connectivity index (χ4v) is 2.12. The molecule has 0 spiro atoms. The standard InChI is InChI=1S/C15H24N2O2/c1-17(2)8-10-18-9-7-16-12-14-11-13-5-3-4-6-15(13)19-14/h3-6,14,16H,7-12H2,1-2H3. The zero-order valence-electron chi connectivity index (χ0n) is 11.9. The van der Waals surface area contributed by atoms with Crippen molar-refractivity contribution in [1.82, 2.24) is 10.2 Å². The zero-order valence-corrected chi connectivity index (χ0v) is 11.9. The van der Waals surface area contributed by atoms with E-state index < -0.39 is 0 Å². The van der Waals surface area contributed by atoms with Crippen molar-refractivity contribution in [2.45, 2.75) is 12.5 Å². The summed E-state index contributed by atoms with van der Waals surface area (Å²) in [7, 11) is 4.10. The molecule has 2 rings (SSSR count). The Balaban J connectivity index is 1.52. The molecule has 0 aliphatic carbocycles. The van der Waals surface area contributed by atoms with Crippen molar-refractivity contribution >= 4 is 0 Å². The number of nitrogens with zero attached hydrogens (tertiary/aromatic N) is 1. The Hall–Kier alpha value is -1.10. The van der Waals surface area contributed by atoms with Gasteiger partial charge in [0.1, 0.15) is 11.9 Å². The van der Waals surface area contributed by atoms with Crippen molar-refractivity contribution in [2.24, 2.45) is 0 Å². The molecule has 0 bridgehead atoms. The van der Waals surface area contributed by atoms with E-state index in [0.717, 1.165) is 45.0 Å². The second-order valence-corrected chi connectivity index (χ2v) is 5.17. The van der Waals surface area contributed by atoms with E-state index in [-0.39, 0.29) is 6.10 Å². The van der Waals surface area contributed by atoms with E-state index in [2.05, 4.69) is 36.4 Å². The summed E-state index contributed by atoms with van der Waals surface area (Å²) in [5.41, 5.74) is 1.32. The number of ether oxygens (including phenoxy) is 2. The minimum atomic E-state index is 0.263. The van der Waals surface area contributed by atoms with Crippen LogP contribution in [0.15, 0.2) is 24.3 Å². The molecule has 0 amide bonds. The Morgan fingerprint density at radius 2 is 2.16 bits per heavy atom. The van der Waals surface area contributed by atoms with Gasteiger partial charge in [0.25, 0.3) is 0 Å². The summed E-state index contributed by atoms with van der Waals surface area (Å²) >= 11 is 0. The first kappa shape index (κ1) is 14.3. The van der Waals surface area contributed by atoms with E-state index in [1.807, 2.05) is 12.1 Å². The van der Waals surface area contributed by atoms with Crippen LogP contribution in [0.3, 0.4) is 0 Å². The molecule has 1 unspecified atom stereocenters. The van der Waals surface area contributed by atoms with Crippen LogP contribution in [-0.4, -0.2) is 57.9 Å². The number of fused-ring (bicyclic) bond motifs is 1. The fraction of sp³-hybridized carbons (Fsp3) is 0.600. The van der Waals surface area contributed by atoms with Crippen molar-refractivity contribution in [2.75, 3.05) is 46.9 Å². The molecule has 0 saturated heterocycles. The summed E-state index contributed by atoms with van der Waals surface area (Å²) in [6.07, 6.45) is 1.27. The number of nitrogens with one attached hydrogen (secondary N) is 1. The predicted molar refractivity (Wildman–Crippen MR) is 76.8 cm³/mol. The molecule has 1 aromatic rings. The maximum atomic E-state index is 5.86. The highest BCUT2D eigenvalue weighted by molar-refractivity contribution is 5.37. The number of hydrogen-bond acceptors (Lipinski definition) is 4. The quantitative estimate of drug-likeness (QED) is 0.714. The molecule has 106 valence electrons. The molecule has 0 fully saturated rings. The first-order chi connectivity index (χ1) is 9.25. The maximum absolute atomic E-state index is 5.86. The lowest BCUT2D eigenvalue weighted by Gasteiger charge is -2.13. The van der Waals surface area contributed by atoms with Crippen LogP contribution in [0.2, 0.25) is 0 Å². The van der Waals surface area contributed by atoms with Crippen LogP contribution in [0.25, 0.3) is 0 Å². The van der Waals surface area contributed by atoms with E-state index in [4.69, 9.17) is 9.47 Å². The molecular weight excluding hydrogens is 240 g/mol. The average Bonchev–Trinajstić information content (AvgIpc) is 2.79. The maximum Gasteiger partial charge on any atom is 0.123 e. The summed E-state index contributed by atoms with van der Waals surface area (Å²) in [6.45, 7) is 4.28. The van der Waals surface area contributed by atoms with E-state index in [1.54, 1.807) is 0 Å². The predicted octanol–water partition coefficient (Wildman–Crippen LogP) is 1.16. The average molecular weight is 264 g/mol. The van der Waals surface area contributed by atoms with Gasteiger partial charge >= 0.3 is 0 Å². The first-order valence-corrected chi connectivity index (χ1v) is 6.93. The largest absolute Gasteiger partial charge is 0.488 e. The van der Waals surface area contributed by atoms with Crippen molar-refractivity contribution in [3.05, 3.63) is 29.8 Å². The van der Waals surface area contributed by atoms with Crippen molar-refractivity contribution < 1.29 is 9.47 Å². The van der Waals surface area contributed by atoms with Crippen molar-refractivity contribution in [3.8, 4) is 5.75 Å². The van der Waals surface area contributed by atoms with Gasteiger partial charge in [0.05, 0.1) is 13.2 Å². The molecular formula is C15H24N2O2. The fourth-order valence-electron chi connectivity index (χ4n) is 2.12. The second kappa shape index (κ2) is 7.48. The lowest BCUT2D eigenvalue weighted by Crippen LogP contribution is -2.32. The van der Waals surface area contributed by atoms with Crippen LogP contribution in [0.5, 0.6) is 5.75 Å². The smallest absolute Gasteiger partial charge is 0.123 e. The highest BCUT2D eigenvalue weighted by atomic mass is 16.5. The molecule has 0 radical (unpaired) electrons. The summed E-state index contributed by atoms with van der Waals surface area (Å²) < 4.78 is 11.4. The van der Waals surface area contributed by atoms with Crippen LogP contribution in [0, 0.1) is 0 Å². The SMILES string of the molecule is CN(C)CCOCCNCC1Cc2ccccc2O1. The molecule has 1 aliphatic rings. The number of para-hydroxylation sites is 1. The third-order valence-electron chi connectivity index (χ3n) is 3.19. The van der Waals surface area contributed by atoms with E-state index in [0.29, 0.717) is 0 Å². The Morgan fingerprint density at radius 3 is 2.95 bits per heavy atom. The molecule has 1 aliphatic heterocycles. The summed E-state index contributed by atoms with van der Waals surface area (Å²) in [5.74, 6) is 1.04. The van der Waals surface area contributed by atoms with Gasteiger partial charge in [-0.1, -0.05) is 18.2 Å². The van der Waals surface area contributed by atoms with Gasteiger partial charge in [0, 0.05) is 26.1 Å². The van der Waals surface area contributed by atoms with Gasteiger partial charge < -0.3 is 19.7 Å². The minimum Gasteiger partial charge on any atom is -0.488 e. The van der Waals surface area contributed by atoms with Crippen LogP contribution in [0.4, 0.5) is 0 Å². The Labute approximate surface area is 115 Å². The molecule has 1 heterocycles. The third-order valence-corrected chi connectivity index (χ3v) is 3.19. The van der Waals surface area contributed by atoms with E-state index >= 15 is 0 Å². The van der Waals surface area contributed by atoms with Crippen molar-refractivity contribution in [3.63, 3.8) is 0 Å². The summed E-state index contributed by atoms with van der Waals surface area (Å²) in [6, 6.07) is 8.27. The number of hydrogen-bond donors (Lipinski definition) is 1. The lowest BCUT2D eigenvalue weighted by molar-refractivity contribution is 0.117. The highest BCUT2D eigenvalue weighted by Gasteiger charge is 2.21. The number of likely N-dealkylation sites (N-methyl/N-ethyl adjacent to an activating group) is 1. The second-order valence-electron chi connectivity index (χ2n) is 5.17. The van der Waals surface area contributed by atoms with Gasteiger partial charge in [-0.25, -0.2) is 0 Å². The topological polar surface area (TPSA) is 33.7 Å². The van der Waals surface area contributed by atoms with Gasteiger partial charge in [0.2, 0.25) is 0 Å². The number of benzene rings is 1. The van der Waals surface area contributed by atoms with E-state index in [9.17, 15) is 0 Å². The molecule has 4 nitrogen and oxygen atoms in total. The van der Waals surface area contributed by atoms with Crippen LogP contribution in [-0.2, 0) is 11.2 Å². The minimum absolute atomic E-state index is 0.263. The summed E-state index contributed by atoms with van der Waals surface area (Å²) in [5, 5.41) is 3.39. The Bertz CT molecular complexity index is 357. The molecule has 0 saturated carbocycles. The lowest BCUT2D eigenvalue weighted by atomic mass is 10.1. The van der Waals surface area contributed by atoms with Crippen LogP contribution < -0.4 is 10.1 Å². The van der Waals surface area contributed by atoms with E-state index in [1.165, 1.54) is 5.56 Å². The van der Waals surface area contributed by atoms with Gasteiger partial charge in [-0.2, -0.15) is 0 Å². The molecule has 0 aromatic heterocycles. The molecule has 19 heavy (non-hydrogen) atoms. The van der Waals surface area contributed by atoms with Gasteiger partial charge in [-0.15, -0.1) is 0 Å². The van der Waals surface area contributed by atoms with Crippen molar-refractivity contribution in [1.29, 1.82) is 0 Å². The van der Waals surface area contributed by atoms with Crippen LogP contribution >= 0.6 is 0 Å². The summed E-state index contributed by atoms with van der Waals surface area (Å²) in [4.78, 5) is 2.12. The van der Waals surface area contributed by atoms with Gasteiger partial charge in [0.15, 0.2) is 0 Å². The molecule has 1 aromatic carbocycles. The van der Waals surface area contributed by atoms with Gasteiger partial charge in [-0.3, -0.25) is 0 Å². The van der Waals surface area contributed by atoms with Gasteiger partial charge in [-0.05, 0) is 25.7 Å². The molecule has 1 N–H and O–H groups in total. The Morgan fingerprint density at radius 1 is 1.32 bits per heavy atom. The normalized spacial score (nSPS) is 17.5. The molecule has 4 heteroatoms. The van der Waals surface area contributed by atoms with Crippen LogP contribution in [0.1, 0.15) is 5.56 Å². The monoisotopic (exact) mass is 264 g/mol. The highest BCUT2D eigenvalue weighted by Crippen LogP contribution is 2.27. The zero-order chi connectivity index (χ0) is 13.5. The Kier molecular flexibility index (Phi) is 5.63. The first-order valence-electron chi connectivity index (χ1n) is 6.93. The third kappa shape index (κ3) is 4.82.